The number of fused-ring (bicyclic) bond motifs is 1. The number of anilines is 1. The molecule has 1 fully saturated rings. The molecule has 8 nitrogen and oxygen atoms in total. The van der Waals surface area contributed by atoms with Gasteiger partial charge in [0.15, 0.2) is 0 Å². The number of hydrogen-bond donors (Lipinski definition) is 3. The number of carbonyl (C=O) groups excluding carboxylic acids is 2. The standard InChI is InChI=1S/C22H32N6O2/c1-3-4-9-24-22(30)28-14-12-27(13-15-28)11-10-23-21(29)26-20-16-17(2)25-19-8-6-5-7-18(19)20/h5-8,16H,3-4,9-15H2,1-2H3,(H,24,30)(H2,23,25,26,29). The quantitative estimate of drug-likeness (QED) is 0.610. The first-order chi connectivity index (χ1) is 14.6. The van der Waals surface area contributed by atoms with E-state index < -0.39 is 0 Å². The highest BCUT2D eigenvalue weighted by atomic mass is 16.2. The molecular weight excluding hydrogens is 380 g/mol. The van der Waals surface area contributed by atoms with Crippen LogP contribution in [0.15, 0.2) is 30.3 Å². The predicted molar refractivity (Wildman–Crippen MR) is 120 cm³/mol. The van der Waals surface area contributed by atoms with Gasteiger partial charge in [-0.1, -0.05) is 31.5 Å². The molecule has 0 atom stereocenters. The zero-order chi connectivity index (χ0) is 21.3. The lowest BCUT2D eigenvalue weighted by Crippen LogP contribution is -2.53. The van der Waals surface area contributed by atoms with Crippen LogP contribution in [0.4, 0.5) is 15.3 Å². The summed E-state index contributed by atoms with van der Waals surface area (Å²) in [6, 6.07) is 9.45. The number of pyridine rings is 1. The summed E-state index contributed by atoms with van der Waals surface area (Å²) in [6.07, 6.45) is 2.08. The van der Waals surface area contributed by atoms with Gasteiger partial charge in [0.05, 0.1) is 11.2 Å². The summed E-state index contributed by atoms with van der Waals surface area (Å²) in [4.78, 5) is 33.1. The van der Waals surface area contributed by atoms with Crippen LogP contribution < -0.4 is 16.0 Å². The van der Waals surface area contributed by atoms with Crippen molar-refractivity contribution in [2.24, 2.45) is 0 Å². The number of benzene rings is 1. The Balaban J connectivity index is 1.39. The molecule has 30 heavy (non-hydrogen) atoms. The van der Waals surface area contributed by atoms with Gasteiger partial charge < -0.3 is 20.9 Å². The molecule has 3 N–H and O–H groups in total. The molecule has 0 unspecified atom stereocenters. The summed E-state index contributed by atoms with van der Waals surface area (Å²) < 4.78 is 0. The molecule has 0 aliphatic carbocycles. The Morgan fingerprint density at radius 2 is 1.83 bits per heavy atom. The Hall–Kier alpha value is -2.87. The second-order valence-corrected chi connectivity index (χ2v) is 7.62. The minimum absolute atomic E-state index is 0.0282. The summed E-state index contributed by atoms with van der Waals surface area (Å²) in [5.41, 5.74) is 2.49. The van der Waals surface area contributed by atoms with E-state index in [0.29, 0.717) is 19.6 Å². The van der Waals surface area contributed by atoms with Crippen LogP contribution >= 0.6 is 0 Å². The summed E-state index contributed by atoms with van der Waals surface area (Å²) in [5.74, 6) is 0. The lowest BCUT2D eigenvalue weighted by molar-refractivity contribution is 0.140. The Morgan fingerprint density at radius 3 is 2.60 bits per heavy atom. The highest BCUT2D eigenvalue weighted by Crippen LogP contribution is 2.22. The molecule has 4 amide bonds. The number of urea groups is 2. The number of aryl methyl sites for hydroxylation is 1. The number of hydrogen-bond acceptors (Lipinski definition) is 4. The van der Waals surface area contributed by atoms with Crippen molar-refractivity contribution in [2.45, 2.75) is 26.7 Å². The molecule has 2 heterocycles. The van der Waals surface area contributed by atoms with Crippen LogP contribution in [0.5, 0.6) is 0 Å². The van der Waals surface area contributed by atoms with Gasteiger partial charge in [0.1, 0.15) is 0 Å². The van der Waals surface area contributed by atoms with Gasteiger partial charge in [-0.3, -0.25) is 9.88 Å². The minimum Gasteiger partial charge on any atom is -0.338 e. The number of rotatable bonds is 7. The molecule has 8 heteroatoms. The van der Waals surface area contributed by atoms with E-state index in [1.807, 2.05) is 42.2 Å². The molecule has 0 bridgehead atoms. The molecule has 1 aliphatic heterocycles. The largest absolute Gasteiger partial charge is 0.338 e. The van der Waals surface area contributed by atoms with E-state index in [0.717, 1.165) is 61.3 Å². The Morgan fingerprint density at radius 1 is 1.07 bits per heavy atom. The maximum Gasteiger partial charge on any atom is 0.319 e. The molecular formula is C22H32N6O2. The van der Waals surface area contributed by atoms with Crippen molar-refractivity contribution in [3.8, 4) is 0 Å². The number of piperazine rings is 1. The fourth-order valence-electron chi connectivity index (χ4n) is 3.56. The van der Waals surface area contributed by atoms with Gasteiger partial charge in [-0.15, -0.1) is 0 Å². The van der Waals surface area contributed by atoms with E-state index in [9.17, 15) is 9.59 Å². The number of nitrogens with one attached hydrogen (secondary N) is 3. The number of amides is 4. The maximum absolute atomic E-state index is 12.4. The van der Waals surface area contributed by atoms with E-state index in [1.54, 1.807) is 0 Å². The molecule has 0 spiro atoms. The van der Waals surface area contributed by atoms with E-state index >= 15 is 0 Å². The van der Waals surface area contributed by atoms with E-state index in [4.69, 9.17) is 0 Å². The number of para-hydroxylation sites is 1. The van der Waals surface area contributed by atoms with E-state index in [-0.39, 0.29) is 12.1 Å². The second-order valence-electron chi connectivity index (χ2n) is 7.62. The third-order valence-electron chi connectivity index (χ3n) is 5.27. The van der Waals surface area contributed by atoms with Crippen LogP contribution in [0, 0.1) is 6.92 Å². The topological polar surface area (TPSA) is 89.6 Å². The Bertz CT molecular complexity index is 864. The molecule has 0 radical (unpaired) electrons. The first-order valence-corrected chi connectivity index (χ1v) is 10.7. The second kappa shape index (κ2) is 10.8. The van der Waals surface area contributed by atoms with Crippen LogP contribution in [0.3, 0.4) is 0 Å². The molecule has 1 saturated heterocycles. The van der Waals surface area contributed by atoms with Gasteiger partial charge in [-0.05, 0) is 25.5 Å². The highest BCUT2D eigenvalue weighted by Gasteiger charge is 2.20. The molecule has 162 valence electrons. The number of unbranched alkanes of at least 4 members (excludes halogenated alkanes) is 1. The highest BCUT2D eigenvalue weighted by molar-refractivity contribution is 6.00. The summed E-state index contributed by atoms with van der Waals surface area (Å²) in [6.45, 7) is 9.14. The first-order valence-electron chi connectivity index (χ1n) is 10.7. The Kier molecular flexibility index (Phi) is 7.84. The van der Waals surface area contributed by atoms with Gasteiger partial charge in [0, 0.05) is 56.9 Å². The average Bonchev–Trinajstić information content (AvgIpc) is 2.74. The fraction of sp³-hybridized carbons (Fsp3) is 0.500. The predicted octanol–water partition coefficient (Wildman–Crippen LogP) is 2.79. The maximum atomic E-state index is 12.4. The van der Waals surface area contributed by atoms with Crippen molar-refractivity contribution in [1.29, 1.82) is 0 Å². The summed E-state index contributed by atoms with van der Waals surface area (Å²) >= 11 is 0. The number of nitrogens with zero attached hydrogens (tertiary/aromatic N) is 3. The van der Waals surface area contributed by atoms with E-state index in [1.165, 1.54) is 0 Å². The number of aromatic nitrogens is 1. The zero-order valence-corrected chi connectivity index (χ0v) is 17.9. The van der Waals surface area contributed by atoms with Crippen molar-refractivity contribution in [3.05, 3.63) is 36.0 Å². The SMILES string of the molecule is CCCCNC(=O)N1CCN(CCNC(=O)Nc2cc(C)nc3ccccc23)CC1. The van der Waals surface area contributed by atoms with Crippen molar-refractivity contribution < 1.29 is 9.59 Å². The third-order valence-corrected chi connectivity index (χ3v) is 5.27. The summed E-state index contributed by atoms with van der Waals surface area (Å²) in [7, 11) is 0. The molecule has 1 aromatic heterocycles. The van der Waals surface area contributed by atoms with Gasteiger partial charge >= 0.3 is 12.1 Å². The lowest BCUT2D eigenvalue weighted by Gasteiger charge is -2.34. The minimum atomic E-state index is -0.223. The van der Waals surface area contributed by atoms with Gasteiger partial charge in [-0.25, -0.2) is 9.59 Å². The monoisotopic (exact) mass is 412 g/mol. The molecule has 2 aromatic rings. The first kappa shape index (κ1) is 21.8. The zero-order valence-electron chi connectivity index (χ0n) is 17.9. The third kappa shape index (κ3) is 6.06. The number of carbonyl (C=O) groups is 2. The van der Waals surface area contributed by atoms with Crippen molar-refractivity contribution in [2.75, 3.05) is 51.1 Å². The van der Waals surface area contributed by atoms with Crippen molar-refractivity contribution >= 4 is 28.7 Å². The van der Waals surface area contributed by atoms with Gasteiger partial charge in [-0.2, -0.15) is 0 Å². The van der Waals surface area contributed by atoms with E-state index in [2.05, 4.69) is 32.8 Å². The smallest absolute Gasteiger partial charge is 0.319 e. The van der Waals surface area contributed by atoms with Crippen molar-refractivity contribution in [1.82, 2.24) is 25.4 Å². The van der Waals surface area contributed by atoms with Gasteiger partial charge in [0.25, 0.3) is 0 Å². The normalized spacial score (nSPS) is 14.5. The molecule has 0 saturated carbocycles. The molecule has 1 aromatic carbocycles. The van der Waals surface area contributed by atoms with Gasteiger partial charge in [0.2, 0.25) is 0 Å². The van der Waals surface area contributed by atoms with Crippen LogP contribution in [0.25, 0.3) is 10.9 Å². The molecule has 3 rings (SSSR count). The van der Waals surface area contributed by atoms with Crippen LogP contribution in [-0.4, -0.2) is 72.7 Å². The molecule has 1 aliphatic rings. The Labute approximate surface area is 178 Å². The van der Waals surface area contributed by atoms with Crippen molar-refractivity contribution in [3.63, 3.8) is 0 Å². The van der Waals surface area contributed by atoms with Crippen LogP contribution in [0.1, 0.15) is 25.5 Å². The fourth-order valence-corrected chi connectivity index (χ4v) is 3.56. The lowest BCUT2D eigenvalue weighted by atomic mass is 10.1. The van der Waals surface area contributed by atoms with Crippen LogP contribution in [0.2, 0.25) is 0 Å². The average molecular weight is 413 g/mol. The summed E-state index contributed by atoms with van der Waals surface area (Å²) in [5, 5.41) is 9.75. The van der Waals surface area contributed by atoms with Crippen LogP contribution in [-0.2, 0) is 0 Å².